The number of fused-ring (bicyclic) bond motifs is 6. The molecule has 1 spiro atoms. The molecule has 1 amide bonds. The number of hydrogen-bond donors (Lipinski definition) is 1. The number of aromatic nitrogens is 1. The zero-order valence-corrected chi connectivity index (χ0v) is 16.7. The molecule has 7 heteroatoms. The first-order chi connectivity index (χ1) is 13.0. The van der Waals surface area contributed by atoms with Crippen LogP contribution < -0.4 is 0 Å². The summed E-state index contributed by atoms with van der Waals surface area (Å²) in [5.41, 5.74) is 2.53. The number of amides is 1. The second-order valence-corrected chi connectivity index (χ2v) is 9.40. The lowest BCUT2D eigenvalue weighted by Gasteiger charge is -2.36. The molecule has 0 aliphatic carbocycles. The summed E-state index contributed by atoms with van der Waals surface area (Å²) in [5.74, 6) is -1.57. The molecule has 6 nitrogen and oxygen atoms in total. The lowest BCUT2D eigenvalue weighted by Crippen LogP contribution is -2.42. The van der Waals surface area contributed by atoms with Crippen LogP contribution in [0, 0.1) is 11.8 Å². The Morgan fingerprint density at radius 3 is 3.00 bits per heavy atom. The van der Waals surface area contributed by atoms with E-state index in [9.17, 15) is 9.59 Å². The summed E-state index contributed by atoms with van der Waals surface area (Å²) < 4.78 is 10.7. The Labute approximate surface area is 169 Å². The number of carbonyl (C=O) groups is 2. The van der Waals surface area contributed by atoms with Crippen LogP contribution in [-0.2, 0) is 25.5 Å². The Kier molecular flexibility index (Phi) is 2.95. The minimum absolute atomic E-state index is 0.0115. The van der Waals surface area contributed by atoms with E-state index < -0.39 is 21.0 Å². The van der Waals surface area contributed by atoms with Gasteiger partial charge < -0.3 is 19.4 Å². The van der Waals surface area contributed by atoms with Crippen molar-refractivity contribution >= 4 is 45.4 Å². The third-order valence-corrected chi connectivity index (χ3v) is 7.86. The summed E-state index contributed by atoms with van der Waals surface area (Å²) in [4.78, 5) is 31.4. The Morgan fingerprint density at radius 1 is 1.37 bits per heavy atom. The highest BCUT2D eigenvalue weighted by atomic mass is 127. The topological polar surface area (TPSA) is 71.6 Å². The zero-order valence-electron chi connectivity index (χ0n) is 14.6. The largest absolute Gasteiger partial charge is 0.469 e. The SMILES string of the molecule is COC(=O)[C@H]1[C@H]2C(=O)N3CCc4c([nH]c5ccccc45)[C@H]3[C@]23C=C[C@]1(I)O3. The smallest absolute Gasteiger partial charge is 0.313 e. The number of nitrogens with one attached hydrogen (secondary N) is 1. The van der Waals surface area contributed by atoms with E-state index in [2.05, 4.69) is 39.7 Å². The summed E-state index contributed by atoms with van der Waals surface area (Å²) in [5, 5.41) is 1.20. The quantitative estimate of drug-likeness (QED) is 0.297. The molecular formula is C20H17IN2O4. The third kappa shape index (κ3) is 1.71. The maximum Gasteiger partial charge on any atom is 0.313 e. The number of ether oxygens (including phenoxy) is 2. The second-order valence-electron chi connectivity index (χ2n) is 7.71. The summed E-state index contributed by atoms with van der Waals surface area (Å²) >= 11 is 2.15. The van der Waals surface area contributed by atoms with Crippen LogP contribution in [0.2, 0.25) is 0 Å². The molecule has 27 heavy (non-hydrogen) atoms. The molecule has 0 unspecified atom stereocenters. The predicted octanol–water partition coefficient (Wildman–Crippen LogP) is 2.48. The Hall–Kier alpha value is -1.87. The van der Waals surface area contributed by atoms with E-state index in [0.717, 1.165) is 17.6 Å². The number of rotatable bonds is 1. The normalized spacial score (nSPS) is 38.2. The van der Waals surface area contributed by atoms with E-state index >= 15 is 0 Å². The lowest BCUT2D eigenvalue weighted by molar-refractivity contribution is -0.151. The molecule has 2 fully saturated rings. The highest BCUT2D eigenvalue weighted by molar-refractivity contribution is 14.1. The van der Waals surface area contributed by atoms with Crippen molar-refractivity contribution in [3.63, 3.8) is 0 Å². The molecular weight excluding hydrogens is 459 g/mol. The molecule has 6 rings (SSSR count). The minimum Gasteiger partial charge on any atom is -0.469 e. The monoisotopic (exact) mass is 476 g/mol. The molecule has 1 aromatic heterocycles. The summed E-state index contributed by atoms with van der Waals surface area (Å²) in [6, 6.07) is 7.98. The Balaban J connectivity index is 1.58. The number of benzene rings is 1. The minimum atomic E-state index is -0.832. The Morgan fingerprint density at radius 2 is 2.19 bits per heavy atom. The van der Waals surface area contributed by atoms with E-state index in [0.29, 0.717) is 6.54 Å². The van der Waals surface area contributed by atoms with Crippen molar-refractivity contribution in [1.29, 1.82) is 0 Å². The van der Waals surface area contributed by atoms with Crippen molar-refractivity contribution in [3.8, 4) is 0 Å². The van der Waals surface area contributed by atoms with Gasteiger partial charge in [-0.2, -0.15) is 0 Å². The predicted molar refractivity (Wildman–Crippen MR) is 105 cm³/mol. The second kappa shape index (κ2) is 4.94. The molecule has 1 aromatic carbocycles. The molecule has 2 bridgehead atoms. The fraction of sp³-hybridized carbons (Fsp3) is 0.400. The molecule has 4 aliphatic heterocycles. The maximum atomic E-state index is 13.4. The first-order valence-electron chi connectivity index (χ1n) is 9.07. The zero-order chi connectivity index (χ0) is 18.6. The number of halogens is 1. The number of methoxy groups -OCH3 is 1. The molecule has 4 aliphatic rings. The standard InChI is InChI=1S/C20H17IN2O4/c1-26-18(25)14-13-17(24)23-9-6-11-10-4-2-3-5-12(10)22-15(11)16(23)19(13)7-8-20(14,21)27-19/h2-5,7-8,13-14,16,22H,6,9H2,1H3/t13-,14+,16-,19-,20-/m0/s1. The summed E-state index contributed by atoms with van der Waals surface area (Å²) in [7, 11) is 1.37. The van der Waals surface area contributed by atoms with Gasteiger partial charge in [0.05, 0.1) is 13.0 Å². The fourth-order valence-corrected chi connectivity index (χ4v) is 6.78. The maximum absolute atomic E-state index is 13.4. The van der Waals surface area contributed by atoms with Gasteiger partial charge in [0.1, 0.15) is 17.6 Å². The van der Waals surface area contributed by atoms with Gasteiger partial charge in [0.25, 0.3) is 0 Å². The number of para-hydroxylation sites is 1. The van der Waals surface area contributed by atoms with Gasteiger partial charge in [-0.25, -0.2) is 0 Å². The number of hydrogen-bond acceptors (Lipinski definition) is 4. The van der Waals surface area contributed by atoms with Crippen LogP contribution in [0.1, 0.15) is 17.3 Å². The van der Waals surface area contributed by atoms with Crippen LogP contribution in [0.5, 0.6) is 0 Å². The number of alkyl halides is 1. The van der Waals surface area contributed by atoms with Crippen LogP contribution in [0.15, 0.2) is 36.4 Å². The molecule has 0 radical (unpaired) electrons. The number of aromatic amines is 1. The van der Waals surface area contributed by atoms with Gasteiger partial charge in [0.2, 0.25) is 5.91 Å². The average molecular weight is 476 g/mol. The van der Waals surface area contributed by atoms with Gasteiger partial charge in [-0.1, -0.05) is 18.2 Å². The van der Waals surface area contributed by atoms with Crippen molar-refractivity contribution in [3.05, 3.63) is 47.7 Å². The molecule has 5 heterocycles. The van der Waals surface area contributed by atoms with Crippen LogP contribution in [0.3, 0.4) is 0 Å². The van der Waals surface area contributed by atoms with Crippen molar-refractivity contribution in [1.82, 2.24) is 9.88 Å². The number of nitrogens with zero attached hydrogens (tertiary/aromatic N) is 1. The molecule has 138 valence electrons. The average Bonchev–Trinajstić information content (AvgIpc) is 3.35. The highest BCUT2D eigenvalue weighted by Gasteiger charge is 2.76. The molecule has 0 saturated carbocycles. The molecule has 5 atom stereocenters. The van der Waals surface area contributed by atoms with Crippen molar-refractivity contribution in [2.75, 3.05) is 13.7 Å². The van der Waals surface area contributed by atoms with Crippen molar-refractivity contribution < 1.29 is 19.1 Å². The van der Waals surface area contributed by atoms with E-state index in [1.54, 1.807) is 0 Å². The fourth-order valence-electron chi connectivity index (χ4n) is 5.61. The van der Waals surface area contributed by atoms with Crippen LogP contribution in [0.4, 0.5) is 0 Å². The first-order valence-corrected chi connectivity index (χ1v) is 10.2. The van der Waals surface area contributed by atoms with Crippen molar-refractivity contribution in [2.24, 2.45) is 11.8 Å². The van der Waals surface area contributed by atoms with Gasteiger partial charge in [-0.3, -0.25) is 9.59 Å². The molecule has 2 aromatic rings. The summed E-state index contributed by atoms with van der Waals surface area (Å²) in [6.45, 7) is 0.635. The van der Waals surface area contributed by atoms with Gasteiger partial charge in [-0.15, -0.1) is 0 Å². The van der Waals surface area contributed by atoms with Crippen molar-refractivity contribution in [2.45, 2.75) is 21.7 Å². The number of carbonyl (C=O) groups excluding carboxylic acids is 2. The van der Waals surface area contributed by atoms with Gasteiger partial charge in [-0.05, 0) is 52.8 Å². The number of H-pyrrole nitrogens is 1. The van der Waals surface area contributed by atoms with E-state index in [1.165, 1.54) is 18.1 Å². The molecule has 2 saturated heterocycles. The van der Waals surface area contributed by atoms with E-state index in [4.69, 9.17) is 9.47 Å². The van der Waals surface area contributed by atoms with Crippen LogP contribution in [-0.4, -0.2) is 44.6 Å². The van der Waals surface area contributed by atoms with Gasteiger partial charge in [0.15, 0.2) is 3.61 Å². The molecule has 1 N–H and O–H groups in total. The van der Waals surface area contributed by atoms with Gasteiger partial charge in [0, 0.05) is 23.1 Å². The van der Waals surface area contributed by atoms with Crippen LogP contribution >= 0.6 is 22.6 Å². The van der Waals surface area contributed by atoms with Crippen LogP contribution in [0.25, 0.3) is 10.9 Å². The van der Waals surface area contributed by atoms with E-state index in [-0.39, 0.29) is 17.9 Å². The highest BCUT2D eigenvalue weighted by Crippen LogP contribution is 2.66. The van der Waals surface area contributed by atoms with Gasteiger partial charge >= 0.3 is 5.97 Å². The third-order valence-electron chi connectivity index (χ3n) is 6.61. The van der Waals surface area contributed by atoms with E-state index in [1.807, 2.05) is 29.2 Å². The first kappa shape index (κ1) is 16.1. The summed E-state index contributed by atoms with van der Waals surface area (Å²) in [6.07, 6.45) is 4.73. The lowest BCUT2D eigenvalue weighted by atomic mass is 9.73. The Bertz CT molecular complexity index is 1060. The number of esters is 1.